The second-order valence-electron chi connectivity index (χ2n) is 3.24. The first-order valence-corrected chi connectivity index (χ1v) is 5.12. The minimum absolute atomic E-state index is 0.171. The van der Waals surface area contributed by atoms with Gasteiger partial charge in [-0.1, -0.05) is 15.9 Å². The van der Waals surface area contributed by atoms with Gasteiger partial charge in [-0.3, -0.25) is 4.79 Å². The first-order valence-electron chi connectivity index (χ1n) is 4.33. The number of aryl methyl sites for hydroxylation is 1. The molecule has 0 saturated carbocycles. The molecule has 0 saturated heterocycles. The largest absolute Gasteiger partial charge is 0.325 e. The molecule has 0 spiro atoms. The third-order valence-electron chi connectivity index (χ3n) is 1.86. The van der Waals surface area contributed by atoms with Crippen molar-refractivity contribution < 1.29 is 4.79 Å². The molecule has 0 aliphatic heterocycles. The lowest BCUT2D eigenvalue weighted by Crippen LogP contribution is -2.32. The fraction of sp³-hybridized carbons (Fsp3) is 0.300. The van der Waals surface area contributed by atoms with Crippen molar-refractivity contribution in [3.05, 3.63) is 28.2 Å². The maximum Gasteiger partial charge on any atom is 0.241 e. The molecule has 3 nitrogen and oxygen atoms in total. The van der Waals surface area contributed by atoms with Gasteiger partial charge < -0.3 is 11.1 Å². The molecule has 1 amide bonds. The van der Waals surface area contributed by atoms with Crippen LogP contribution in [-0.2, 0) is 4.79 Å². The Morgan fingerprint density at radius 2 is 2.21 bits per heavy atom. The molecule has 0 aliphatic carbocycles. The molecule has 1 atom stereocenters. The molecule has 76 valence electrons. The van der Waals surface area contributed by atoms with Crippen LogP contribution in [0.15, 0.2) is 22.7 Å². The van der Waals surface area contributed by atoms with Gasteiger partial charge in [-0.15, -0.1) is 0 Å². The van der Waals surface area contributed by atoms with E-state index < -0.39 is 6.04 Å². The summed E-state index contributed by atoms with van der Waals surface area (Å²) < 4.78 is 0.994. The highest BCUT2D eigenvalue weighted by Gasteiger charge is 2.08. The van der Waals surface area contributed by atoms with Crippen LogP contribution in [-0.4, -0.2) is 11.9 Å². The average Bonchev–Trinajstić information content (AvgIpc) is 2.09. The summed E-state index contributed by atoms with van der Waals surface area (Å²) >= 11 is 3.35. The third kappa shape index (κ3) is 2.82. The van der Waals surface area contributed by atoms with Crippen LogP contribution in [0.4, 0.5) is 5.69 Å². The standard InChI is InChI=1S/C10H13BrN2O/c1-6-5-8(11)3-4-9(6)13-10(14)7(2)12/h3-5,7H,12H2,1-2H3,(H,13,14). The SMILES string of the molecule is Cc1cc(Br)ccc1NC(=O)C(C)N. The van der Waals surface area contributed by atoms with Crippen molar-refractivity contribution in [1.82, 2.24) is 0 Å². The normalized spacial score (nSPS) is 12.3. The summed E-state index contributed by atoms with van der Waals surface area (Å²) in [6.07, 6.45) is 0. The lowest BCUT2D eigenvalue weighted by Gasteiger charge is -2.10. The minimum Gasteiger partial charge on any atom is -0.325 e. The van der Waals surface area contributed by atoms with E-state index in [9.17, 15) is 4.79 Å². The Morgan fingerprint density at radius 3 is 2.71 bits per heavy atom. The number of nitrogens with two attached hydrogens (primary N) is 1. The Morgan fingerprint density at radius 1 is 1.57 bits per heavy atom. The molecule has 3 N–H and O–H groups in total. The molecule has 1 rings (SSSR count). The van der Waals surface area contributed by atoms with E-state index in [4.69, 9.17) is 5.73 Å². The summed E-state index contributed by atoms with van der Waals surface area (Å²) in [5.41, 5.74) is 7.25. The van der Waals surface area contributed by atoms with Crippen molar-refractivity contribution in [1.29, 1.82) is 0 Å². The summed E-state index contributed by atoms with van der Waals surface area (Å²) in [4.78, 5) is 11.3. The Kier molecular flexibility index (Phi) is 3.66. The number of carbonyl (C=O) groups is 1. The molecule has 0 radical (unpaired) electrons. The van der Waals surface area contributed by atoms with E-state index in [1.165, 1.54) is 0 Å². The van der Waals surface area contributed by atoms with Gasteiger partial charge in [0.1, 0.15) is 0 Å². The number of amides is 1. The van der Waals surface area contributed by atoms with E-state index in [1.54, 1.807) is 6.92 Å². The van der Waals surface area contributed by atoms with Gasteiger partial charge in [0.25, 0.3) is 0 Å². The number of carbonyl (C=O) groups excluding carboxylic acids is 1. The topological polar surface area (TPSA) is 55.1 Å². The minimum atomic E-state index is -0.488. The van der Waals surface area contributed by atoms with Crippen molar-refractivity contribution >= 4 is 27.5 Å². The van der Waals surface area contributed by atoms with Gasteiger partial charge in [-0.2, -0.15) is 0 Å². The van der Waals surface area contributed by atoms with Gasteiger partial charge in [0.2, 0.25) is 5.91 Å². The zero-order valence-corrected chi connectivity index (χ0v) is 9.76. The Labute approximate surface area is 91.8 Å². The number of rotatable bonds is 2. The quantitative estimate of drug-likeness (QED) is 0.851. The Hall–Kier alpha value is -0.870. The van der Waals surface area contributed by atoms with Crippen LogP contribution < -0.4 is 11.1 Å². The molecule has 0 aliphatic rings. The highest BCUT2D eigenvalue weighted by atomic mass is 79.9. The van der Waals surface area contributed by atoms with Crippen LogP contribution in [0.2, 0.25) is 0 Å². The number of halogens is 1. The summed E-state index contributed by atoms with van der Waals surface area (Å²) in [7, 11) is 0. The monoisotopic (exact) mass is 256 g/mol. The number of benzene rings is 1. The molecular formula is C10H13BrN2O. The maximum absolute atomic E-state index is 11.3. The van der Waals surface area contributed by atoms with E-state index in [2.05, 4.69) is 21.2 Å². The van der Waals surface area contributed by atoms with Crippen molar-refractivity contribution in [2.75, 3.05) is 5.32 Å². The molecule has 4 heteroatoms. The van der Waals surface area contributed by atoms with Gasteiger partial charge in [-0.25, -0.2) is 0 Å². The van der Waals surface area contributed by atoms with Crippen molar-refractivity contribution in [3.8, 4) is 0 Å². The molecule has 1 unspecified atom stereocenters. The molecule has 0 fully saturated rings. The Bertz CT molecular complexity index is 350. The van der Waals surface area contributed by atoms with E-state index >= 15 is 0 Å². The predicted octanol–water partition coefficient (Wildman–Crippen LogP) is 2.04. The van der Waals surface area contributed by atoms with Crippen molar-refractivity contribution in [2.45, 2.75) is 19.9 Å². The fourth-order valence-electron chi connectivity index (χ4n) is 1.01. The van der Waals surface area contributed by atoms with E-state index in [0.29, 0.717) is 0 Å². The van der Waals surface area contributed by atoms with Gasteiger partial charge in [0.15, 0.2) is 0 Å². The lowest BCUT2D eigenvalue weighted by molar-refractivity contribution is -0.117. The predicted molar refractivity (Wildman–Crippen MR) is 61.2 cm³/mol. The number of hydrogen-bond acceptors (Lipinski definition) is 2. The summed E-state index contributed by atoms with van der Waals surface area (Å²) in [5.74, 6) is -0.171. The van der Waals surface area contributed by atoms with Crippen LogP contribution >= 0.6 is 15.9 Å². The number of anilines is 1. The summed E-state index contributed by atoms with van der Waals surface area (Å²) in [5, 5.41) is 2.75. The second kappa shape index (κ2) is 4.57. The Balaban J connectivity index is 2.82. The third-order valence-corrected chi connectivity index (χ3v) is 2.35. The van der Waals surface area contributed by atoms with Crippen LogP contribution in [0.3, 0.4) is 0 Å². The van der Waals surface area contributed by atoms with Gasteiger partial charge in [0, 0.05) is 10.2 Å². The highest BCUT2D eigenvalue weighted by molar-refractivity contribution is 9.10. The lowest BCUT2D eigenvalue weighted by atomic mass is 10.2. The molecule has 14 heavy (non-hydrogen) atoms. The highest BCUT2D eigenvalue weighted by Crippen LogP contribution is 2.19. The molecule has 1 aromatic rings. The van der Waals surface area contributed by atoms with Gasteiger partial charge >= 0.3 is 0 Å². The van der Waals surface area contributed by atoms with Gasteiger partial charge in [-0.05, 0) is 37.6 Å². The van der Waals surface area contributed by atoms with Crippen molar-refractivity contribution in [3.63, 3.8) is 0 Å². The molecule has 0 heterocycles. The average molecular weight is 257 g/mol. The zero-order valence-electron chi connectivity index (χ0n) is 8.17. The molecule has 1 aromatic carbocycles. The first kappa shape index (κ1) is 11.2. The van der Waals surface area contributed by atoms with Crippen molar-refractivity contribution in [2.24, 2.45) is 5.73 Å². The summed E-state index contributed by atoms with van der Waals surface area (Å²) in [6.45, 7) is 3.59. The van der Waals surface area contributed by atoms with E-state index in [0.717, 1.165) is 15.7 Å². The molecule has 0 bridgehead atoms. The fourth-order valence-corrected chi connectivity index (χ4v) is 1.49. The first-order chi connectivity index (χ1) is 6.50. The van der Waals surface area contributed by atoms with Gasteiger partial charge in [0.05, 0.1) is 6.04 Å². The molecular weight excluding hydrogens is 244 g/mol. The van der Waals surface area contributed by atoms with Crippen LogP contribution in [0.5, 0.6) is 0 Å². The van der Waals surface area contributed by atoms with E-state index in [-0.39, 0.29) is 5.91 Å². The van der Waals surface area contributed by atoms with E-state index in [1.807, 2.05) is 25.1 Å². The van der Waals surface area contributed by atoms with Crippen LogP contribution in [0, 0.1) is 6.92 Å². The zero-order chi connectivity index (χ0) is 10.7. The number of hydrogen-bond donors (Lipinski definition) is 2. The smallest absolute Gasteiger partial charge is 0.241 e. The number of nitrogens with one attached hydrogen (secondary N) is 1. The molecule has 0 aromatic heterocycles. The van der Waals surface area contributed by atoms with Crippen LogP contribution in [0.1, 0.15) is 12.5 Å². The maximum atomic E-state index is 11.3. The second-order valence-corrected chi connectivity index (χ2v) is 4.15. The summed E-state index contributed by atoms with van der Waals surface area (Å²) in [6, 6.07) is 5.18. The van der Waals surface area contributed by atoms with Crippen LogP contribution in [0.25, 0.3) is 0 Å².